The molecule has 0 N–H and O–H groups in total. The van der Waals surface area contributed by atoms with Crippen molar-refractivity contribution in [2.45, 2.75) is 45.6 Å². The first-order valence-corrected chi connectivity index (χ1v) is 9.05. The van der Waals surface area contributed by atoms with Crippen molar-refractivity contribution in [2.24, 2.45) is 0 Å². The van der Waals surface area contributed by atoms with Gasteiger partial charge in [-0.3, -0.25) is 0 Å². The molecule has 0 aromatic heterocycles. The Morgan fingerprint density at radius 3 is 2.50 bits per heavy atom. The summed E-state index contributed by atoms with van der Waals surface area (Å²) < 4.78 is 20.4. The van der Waals surface area contributed by atoms with Crippen LogP contribution < -0.4 is 0 Å². The molecule has 26 heavy (non-hydrogen) atoms. The average Bonchev–Trinajstić information content (AvgIpc) is 2.66. The van der Waals surface area contributed by atoms with Crippen LogP contribution in [0.15, 0.2) is 18.2 Å². The lowest BCUT2D eigenvalue weighted by molar-refractivity contribution is -0.0391. The molecule has 0 saturated carbocycles. The number of hydrogen-bond donors (Lipinski definition) is 0. The molecule has 0 fully saturated rings. The second kappa shape index (κ2) is 15.4. The molecular formula is C22H30O4. The lowest BCUT2D eigenvalue weighted by Gasteiger charge is -2.09. The number of hydrogen-bond acceptors (Lipinski definition) is 4. The predicted octanol–water partition coefficient (Wildman–Crippen LogP) is 3.91. The Bertz CT molecular complexity index is 617. The van der Waals surface area contributed by atoms with Crippen molar-refractivity contribution in [1.82, 2.24) is 0 Å². The van der Waals surface area contributed by atoms with E-state index in [0.717, 1.165) is 17.5 Å². The Hall–Kier alpha value is -1.82. The minimum absolute atomic E-state index is 0.239. The van der Waals surface area contributed by atoms with Gasteiger partial charge in [0.15, 0.2) is 0 Å². The van der Waals surface area contributed by atoms with E-state index >= 15 is 0 Å². The van der Waals surface area contributed by atoms with E-state index in [-0.39, 0.29) is 13.6 Å². The Morgan fingerprint density at radius 2 is 1.73 bits per heavy atom. The smallest absolute Gasteiger partial charge is 0.147 e. The molecule has 0 bridgehead atoms. The summed E-state index contributed by atoms with van der Waals surface area (Å²) in [4.78, 5) is 0. The van der Waals surface area contributed by atoms with Crippen molar-refractivity contribution < 1.29 is 18.9 Å². The molecule has 1 aromatic carbocycles. The molecule has 0 aliphatic heterocycles. The summed E-state index contributed by atoms with van der Waals surface area (Å²) in [5, 5.41) is 0. The number of unbranched alkanes of at least 4 members (excludes halogenated alkanes) is 3. The van der Waals surface area contributed by atoms with Crippen molar-refractivity contribution in [2.75, 3.05) is 34.4 Å². The van der Waals surface area contributed by atoms with Gasteiger partial charge in [0.2, 0.25) is 0 Å². The van der Waals surface area contributed by atoms with Crippen molar-refractivity contribution in [3.63, 3.8) is 0 Å². The summed E-state index contributed by atoms with van der Waals surface area (Å²) in [6, 6.07) is 6.38. The molecule has 0 atom stereocenters. The van der Waals surface area contributed by atoms with Crippen LogP contribution in [-0.2, 0) is 32.0 Å². The van der Waals surface area contributed by atoms with Crippen molar-refractivity contribution in [3.05, 3.63) is 34.9 Å². The fraction of sp³-hybridized carbons (Fsp3) is 0.545. The number of rotatable bonds is 12. The Morgan fingerprint density at radius 1 is 0.923 bits per heavy atom. The summed E-state index contributed by atoms with van der Waals surface area (Å²) in [5.74, 6) is 11.6. The lowest BCUT2D eigenvalue weighted by Crippen LogP contribution is -2.00. The molecule has 0 radical (unpaired) electrons. The summed E-state index contributed by atoms with van der Waals surface area (Å²) in [7, 11) is 3.19. The highest BCUT2D eigenvalue weighted by atomic mass is 16.7. The largest absolute Gasteiger partial charge is 0.359 e. The van der Waals surface area contributed by atoms with Crippen LogP contribution in [0.1, 0.15) is 49.3 Å². The summed E-state index contributed by atoms with van der Waals surface area (Å²) in [6.07, 6.45) is 6.11. The van der Waals surface area contributed by atoms with Gasteiger partial charge in [0.1, 0.15) is 20.2 Å². The van der Waals surface area contributed by atoms with Gasteiger partial charge in [-0.15, -0.1) is 0 Å². The number of benzene rings is 1. The van der Waals surface area contributed by atoms with Gasteiger partial charge in [-0.25, -0.2) is 0 Å². The van der Waals surface area contributed by atoms with E-state index in [1.165, 1.54) is 31.2 Å². The highest BCUT2D eigenvalue weighted by molar-refractivity contribution is 5.46. The normalized spacial score (nSPS) is 9.96. The number of methoxy groups -OCH3 is 2. The quantitative estimate of drug-likeness (QED) is 0.323. The van der Waals surface area contributed by atoms with Gasteiger partial charge in [0.05, 0.1) is 6.61 Å². The Labute approximate surface area is 158 Å². The van der Waals surface area contributed by atoms with Gasteiger partial charge in [0.25, 0.3) is 0 Å². The van der Waals surface area contributed by atoms with E-state index in [4.69, 9.17) is 18.9 Å². The van der Waals surface area contributed by atoms with Crippen molar-refractivity contribution in [3.8, 4) is 23.7 Å². The Balaban J connectivity index is 2.72. The van der Waals surface area contributed by atoms with Crippen LogP contribution in [0.25, 0.3) is 0 Å². The maximum Gasteiger partial charge on any atom is 0.147 e. The molecule has 1 rings (SSSR count). The maximum atomic E-state index is 5.52. The van der Waals surface area contributed by atoms with Gasteiger partial charge >= 0.3 is 0 Å². The third kappa shape index (κ3) is 10.2. The minimum Gasteiger partial charge on any atom is -0.359 e. The first kappa shape index (κ1) is 22.2. The molecule has 142 valence electrons. The molecule has 0 amide bonds. The molecule has 0 spiro atoms. The molecule has 1 aromatic rings. The summed E-state index contributed by atoms with van der Waals surface area (Å²) in [5.41, 5.74) is 3.33. The number of ether oxygens (including phenoxy) is 4. The Kier molecular flexibility index (Phi) is 13.2. The van der Waals surface area contributed by atoms with Gasteiger partial charge in [-0.2, -0.15) is 0 Å². The predicted molar refractivity (Wildman–Crippen MR) is 103 cm³/mol. The molecule has 4 nitrogen and oxygen atoms in total. The first-order valence-electron chi connectivity index (χ1n) is 9.05. The van der Waals surface area contributed by atoms with Gasteiger partial charge < -0.3 is 18.9 Å². The van der Waals surface area contributed by atoms with E-state index in [1.807, 2.05) is 0 Å². The third-order valence-electron chi connectivity index (χ3n) is 3.67. The molecule has 0 aliphatic rings. The zero-order valence-corrected chi connectivity index (χ0v) is 16.2. The maximum absolute atomic E-state index is 5.52. The fourth-order valence-electron chi connectivity index (χ4n) is 2.39. The highest BCUT2D eigenvalue weighted by Gasteiger charge is 2.03. The first-order chi connectivity index (χ1) is 12.8. The van der Waals surface area contributed by atoms with E-state index in [2.05, 4.69) is 48.8 Å². The molecule has 0 saturated heterocycles. The minimum atomic E-state index is 0.239. The van der Waals surface area contributed by atoms with Gasteiger partial charge in [-0.05, 0) is 41.9 Å². The highest BCUT2D eigenvalue weighted by Crippen LogP contribution is 2.15. The zero-order chi connectivity index (χ0) is 18.9. The van der Waals surface area contributed by atoms with Crippen LogP contribution >= 0.6 is 0 Å². The van der Waals surface area contributed by atoms with E-state index in [9.17, 15) is 0 Å². The van der Waals surface area contributed by atoms with Crippen LogP contribution in [0.4, 0.5) is 0 Å². The second-order valence-corrected chi connectivity index (χ2v) is 5.86. The van der Waals surface area contributed by atoms with Crippen LogP contribution in [0, 0.1) is 23.7 Å². The van der Waals surface area contributed by atoms with Crippen molar-refractivity contribution >= 4 is 0 Å². The number of aryl methyl sites for hydroxylation is 1. The SMILES string of the molecule is CCCCCCc1ccc(C#CC#CCOCOC)c(COCOC)c1. The molecular weight excluding hydrogens is 328 g/mol. The third-order valence-corrected chi connectivity index (χ3v) is 3.67. The average molecular weight is 358 g/mol. The van der Waals surface area contributed by atoms with Crippen LogP contribution in [0.3, 0.4) is 0 Å². The lowest BCUT2D eigenvalue weighted by atomic mass is 10.0. The van der Waals surface area contributed by atoms with E-state index in [0.29, 0.717) is 13.2 Å². The zero-order valence-electron chi connectivity index (χ0n) is 16.2. The van der Waals surface area contributed by atoms with Crippen molar-refractivity contribution in [1.29, 1.82) is 0 Å². The standard InChI is InChI=1S/C22H30O4/c1-4-5-6-8-11-20-13-14-21(22(16-20)17-26-19-24-3)12-9-7-10-15-25-18-23-2/h13-14,16H,4-6,8,11,15,17-19H2,1-3H3. The second-order valence-electron chi connectivity index (χ2n) is 5.86. The van der Waals surface area contributed by atoms with Gasteiger partial charge in [-0.1, -0.05) is 50.2 Å². The van der Waals surface area contributed by atoms with Crippen LogP contribution in [-0.4, -0.2) is 34.4 Å². The van der Waals surface area contributed by atoms with E-state index in [1.54, 1.807) is 14.2 Å². The fourth-order valence-corrected chi connectivity index (χ4v) is 2.39. The molecule has 4 heteroatoms. The summed E-state index contributed by atoms with van der Waals surface area (Å²) in [6.45, 7) is 3.52. The van der Waals surface area contributed by atoms with Gasteiger partial charge in [0, 0.05) is 19.8 Å². The van der Waals surface area contributed by atoms with Crippen LogP contribution in [0.5, 0.6) is 0 Å². The van der Waals surface area contributed by atoms with E-state index < -0.39 is 0 Å². The monoisotopic (exact) mass is 358 g/mol. The topological polar surface area (TPSA) is 36.9 Å². The molecule has 0 heterocycles. The molecule has 0 aliphatic carbocycles. The molecule has 0 unspecified atom stereocenters. The summed E-state index contributed by atoms with van der Waals surface area (Å²) >= 11 is 0. The van der Waals surface area contributed by atoms with Crippen LogP contribution in [0.2, 0.25) is 0 Å².